The van der Waals surface area contributed by atoms with Crippen LogP contribution in [0.25, 0.3) is 0 Å². The Hall–Kier alpha value is -2.63. The molecular formula is C18H22N4O2. The highest BCUT2D eigenvalue weighted by molar-refractivity contribution is 5.95. The molecule has 0 radical (unpaired) electrons. The zero-order chi connectivity index (χ0) is 17.1. The lowest BCUT2D eigenvalue weighted by atomic mass is 9.99. The van der Waals surface area contributed by atoms with Crippen LogP contribution in [0.5, 0.6) is 0 Å². The molecule has 0 amide bonds. The number of carboxylic acid groups (broad SMARTS) is 1. The summed E-state index contributed by atoms with van der Waals surface area (Å²) in [6, 6.07) is 8.71. The van der Waals surface area contributed by atoms with Gasteiger partial charge in [-0.05, 0) is 37.8 Å². The maximum absolute atomic E-state index is 11.3. The SMILES string of the molecule is Cc1nc(Nc2ccccc2C(=O)O)cc(N2CCC(C)CC2)n1. The van der Waals surface area contributed by atoms with Gasteiger partial charge in [0.15, 0.2) is 0 Å². The molecule has 2 aromatic rings. The van der Waals surface area contributed by atoms with Crippen molar-refractivity contribution in [2.45, 2.75) is 26.7 Å². The van der Waals surface area contributed by atoms with Gasteiger partial charge in [-0.1, -0.05) is 19.1 Å². The summed E-state index contributed by atoms with van der Waals surface area (Å²) in [6.45, 7) is 6.11. The minimum absolute atomic E-state index is 0.224. The normalized spacial score (nSPS) is 15.3. The van der Waals surface area contributed by atoms with Gasteiger partial charge in [0.2, 0.25) is 0 Å². The lowest BCUT2D eigenvalue weighted by Crippen LogP contribution is -2.33. The molecule has 1 aliphatic rings. The van der Waals surface area contributed by atoms with Crippen LogP contribution in [0.2, 0.25) is 0 Å². The summed E-state index contributed by atoms with van der Waals surface area (Å²) in [6.07, 6.45) is 2.32. The Kier molecular flexibility index (Phi) is 4.64. The number of aryl methyl sites for hydroxylation is 1. The highest BCUT2D eigenvalue weighted by Gasteiger charge is 2.18. The highest BCUT2D eigenvalue weighted by atomic mass is 16.4. The van der Waals surface area contributed by atoms with E-state index in [1.165, 1.54) is 0 Å². The van der Waals surface area contributed by atoms with E-state index >= 15 is 0 Å². The maximum Gasteiger partial charge on any atom is 0.337 e. The Balaban J connectivity index is 1.86. The predicted molar refractivity (Wildman–Crippen MR) is 94.1 cm³/mol. The molecule has 0 spiro atoms. The Morgan fingerprint density at radius 1 is 1.25 bits per heavy atom. The van der Waals surface area contributed by atoms with Gasteiger partial charge in [0.25, 0.3) is 0 Å². The number of hydrogen-bond donors (Lipinski definition) is 2. The molecule has 3 rings (SSSR count). The molecular weight excluding hydrogens is 304 g/mol. The average molecular weight is 326 g/mol. The molecule has 1 saturated heterocycles. The molecule has 0 unspecified atom stereocenters. The number of aromatic nitrogens is 2. The standard InChI is InChI=1S/C18H22N4O2/c1-12-7-9-22(10-8-12)17-11-16(19-13(2)20-17)21-15-6-4-3-5-14(15)18(23)24/h3-6,11-12H,7-10H2,1-2H3,(H,23,24)(H,19,20,21). The summed E-state index contributed by atoms with van der Waals surface area (Å²) < 4.78 is 0. The molecule has 1 aliphatic heterocycles. The number of nitrogens with one attached hydrogen (secondary N) is 1. The van der Waals surface area contributed by atoms with Crippen molar-refractivity contribution in [2.75, 3.05) is 23.3 Å². The van der Waals surface area contributed by atoms with Crippen LogP contribution in [0, 0.1) is 12.8 Å². The fourth-order valence-corrected chi connectivity index (χ4v) is 2.93. The number of para-hydroxylation sites is 1. The number of benzene rings is 1. The third kappa shape index (κ3) is 3.64. The van der Waals surface area contributed by atoms with Crippen molar-refractivity contribution in [3.8, 4) is 0 Å². The summed E-state index contributed by atoms with van der Waals surface area (Å²) in [7, 11) is 0. The van der Waals surface area contributed by atoms with Crippen LogP contribution < -0.4 is 10.2 Å². The smallest absolute Gasteiger partial charge is 0.337 e. The first-order valence-corrected chi connectivity index (χ1v) is 8.23. The molecule has 2 heterocycles. The third-order valence-electron chi connectivity index (χ3n) is 4.35. The number of piperidine rings is 1. The van der Waals surface area contributed by atoms with E-state index in [2.05, 4.69) is 27.1 Å². The van der Waals surface area contributed by atoms with Gasteiger partial charge in [0, 0.05) is 19.2 Å². The van der Waals surface area contributed by atoms with E-state index < -0.39 is 5.97 Å². The lowest BCUT2D eigenvalue weighted by molar-refractivity contribution is 0.0698. The van der Waals surface area contributed by atoms with Crippen molar-refractivity contribution in [1.82, 2.24) is 9.97 Å². The summed E-state index contributed by atoms with van der Waals surface area (Å²) in [5.41, 5.74) is 0.753. The van der Waals surface area contributed by atoms with Gasteiger partial charge in [-0.2, -0.15) is 0 Å². The van der Waals surface area contributed by atoms with Crippen LogP contribution in [0.3, 0.4) is 0 Å². The monoisotopic (exact) mass is 326 g/mol. The van der Waals surface area contributed by atoms with Crippen LogP contribution >= 0.6 is 0 Å². The average Bonchev–Trinajstić information content (AvgIpc) is 2.55. The van der Waals surface area contributed by atoms with Crippen molar-refractivity contribution in [3.63, 3.8) is 0 Å². The third-order valence-corrected chi connectivity index (χ3v) is 4.35. The van der Waals surface area contributed by atoms with Gasteiger partial charge in [0.05, 0.1) is 11.3 Å². The zero-order valence-electron chi connectivity index (χ0n) is 14.0. The number of carboxylic acids is 1. The first kappa shape index (κ1) is 16.2. The van der Waals surface area contributed by atoms with Gasteiger partial charge in [-0.25, -0.2) is 14.8 Å². The van der Waals surface area contributed by atoms with Crippen molar-refractivity contribution < 1.29 is 9.90 Å². The van der Waals surface area contributed by atoms with Gasteiger partial charge in [0.1, 0.15) is 17.5 Å². The van der Waals surface area contributed by atoms with E-state index in [9.17, 15) is 9.90 Å². The van der Waals surface area contributed by atoms with Crippen molar-refractivity contribution in [1.29, 1.82) is 0 Å². The summed E-state index contributed by atoms with van der Waals surface area (Å²) in [5.74, 6) is 1.97. The number of carbonyl (C=O) groups is 1. The first-order chi connectivity index (χ1) is 11.5. The molecule has 24 heavy (non-hydrogen) atoms. The fraction of sp³-hybridized carbons (Fsp3) is 0.389. The fourth-order valence-electron chi connectivity index (χ4n) is 2.93. The number of rotatable bonds is 4. The van der Waals surface area contributed by atoms with E-state index in [-0.39, 0.29) is 5.56 Å². The second-order valence-electron chi connectivity index (χ2n) is 6.30. The minimum Gasteiger partial charge on any atom is -0.478 e. The van der Waals surface area contributed by atoms with Gasteiger partial charge in [-0.15, -0.1) is 0 Å². The molecule has 0 aliphatic carbocycles. The second-order valence-corrected chi connectivity index (χ2v) is 6.30. The topological polar surface area (TPSA) is 78.3 Å². The van der Waals surface area contributed by atoms with Crippen molar-refractivity contribution >= 4 is 23.3 Å². The molecule has 1 aromatic carbocycles. The van der Waals surface area contributed by atoms with E-state index in [1.54, 1.807) is 24.3 Å². The first-order valence-electron chi connectivity index (χ1n) is 8.23. The van der Waals surface area contributed by atoms with Gasteiger partial charge >= 0.3 is 5.97 Å². The molecule has 126 valence electrons. The Morgan fingerprint density at radius 3 is 2.67 bits per heavy atom. The van der Waals surface area contributed by atoms with Crippen molar-refractivity contribution in [2.24, 2.45) is 5.92 Å². The second kappa shape index (κ2) is 6.86. The lowest BCUT2D eigenvalue weighted by Gasteiger charge is -2.31. The molecule has 6 nitrogen and oxygen atoms in total. The Labute approximate surface area is 141 Å². The molecule has 0 bridgehead atoms. The summed E-state index contributed by atoms with van der Waals surface area (Å²) >= 11 is 0. The van der Waals surface area contributed by atoms with Gasteiger partial charge < -0.3 is 15.3 Å². The molecule has 0 saturated carbocycles. The van der Waals surface area contributed by atoms with E-state index in [0.29, 0.717) is 17.3 Å². The molecule has 0 atom stereocenters. The minimum atomic E-state index is -0.964. The van der Waals surface area contributed by atoms with E-state index in [0.717, 1.165) is 37.7 Å². The predicted octanol–water partition coefficient (Wildman–Crippen LogP) is 3.46. The summed E-state index contributed by atoms with van der Waals surface area (Å²) in [4.78, 5) is 22.5. The van der Waals surface area contributed by atoms with E-state index in [4.69, 9.17) is 0 Å². The molecule has 1 fully saturated rings. The highest BCUT2D eigenvalue weighted by Crippen LogP contribution is 2.25. The number of aromatic carboxylic acids is 1. The Bertz CT molecular complexity index is 740. The molecule has 6 heteroatoms. The summed E-state index contributed by atoms with van der Waals surface area (Å²) in [5, 5.41) is 12.4. The van der Waals surface area contributed by atoms with Gasteiger partial charge in [-0.3, -0.25) is 0 Å². The molecule has 2 N–H and O–H groups in total. The maximum atomic E-state index is 11.3. The van der Waals surface area contributed by atoms with Crippen LogP contribution in [-0.2, 0) is 0 Å². The van der Waals surface area contributed by atoms with E-state index in [1.807, 2.05) is 13.0 Å². The van der Waals surface area contributed by atoms with Crippen LogP contribution in [0.15, 0.2) is 30.3 Å². The van der Waals surface area contributed by atoms with Crippen LogP contribution in [0.1, 0.15) is 35.9 Å². The number of anilines is 3. The van der Waals surface area contributed by atoms with Crippen molar-refractivity contribution in [3.05, 3.63) is 41.7 Å². The Morgan fingerprint density at radius 2 is 1.96 bits per heavy atom. The zero-order valence-corrected chi connectivity index (χ0v) is 14.0. The number of hydrogen-bond acceptors (Lipinski definition) is 5. The number of nitrogens with zero attached hydrogens (tertiary/aromatic N) is 3. The molecule has 1 aromatic heterocycles. The largest absolute Gasteiger partial charge is 0.478 e. The quantitative estimate of drug-likeness (QED) is 0.896. The van der Waals surface area contributed by atoms with Crippen LogP contribution in [-0.4, -0.2) is 34.1 Å². The van der Waals surface area contributed by atoms with Crippen LogP contribution in [0.4, 0.5) is 17.3 Å².